The van der Waals surface area contributed by atoms with Crippen molar-refractivity contribution in [2.75, 3.05) is 11.9 Å². The predicted molar refractivity (Wildman–Crippen MR) is 82.4 cm³/mol. The van der Waals surface area contributed by atoms with Crippen LogP contribution in [-0.2, 0) is 4.79 Å². The van der Waals surface area contributed by atoms with Gasteiger partial charge in [0.1, 0.15) is 12.4 Å². The minimum Gasteiger partial charge on any atom is -0.484 e. The lowest BCUT2D eigenvalue weighted by molar-refractivity contribution is -0.109. The van der Waals surface area contributed by atoms with Gasteiger partial charge in [0.15, 0.2) is 6.29 Å². The Balaban J connectivity index is 2.40. The molecule has 0 spiro atoms. The van der Waals surface area contributed by atoms with Crippen molar-refractivity contribution in [1.82, 2.24) is 0 Å². The zero-order chi connectivity index (χ0) is 15.2. The summed E-state index contributed by atoms with van der Waals surface area (Å²) in [6.45, 7) is -0.141. The van der Waals surface area contributed by atoms with Crippen LogP contribution in [0.25, 0.3) is 0 Å². The maximum Gasteiger partial charge on any atom is 0.337 e. The van der Waals surface area contributed by atoms with E-state index in [0.29, 0.717) is 23.4 Å². The second kappa shape index (κ2) is 6.90. The molecule has 0 heterocycles. The van der Waals surface area contributed by atoms with Gasteiger partial charge in [0.05, 0.1) is 11.3 Å². The first-order chi connectivity index (χ1) is 10.1. The molecule has 0 saturated heterocycles. The van der Waals surface area contributed by atoms with Crippen LogP contribution in [0.5, 0.6) is 5.75 Å². The van der Waals surface area contributed by atoms with Gasteiger partial charge in [-0.15, -0.1) is 0 Å². The van der Waals surface area contributed by atoms with E-state index in [4.69, 9.17) is 4.74 Å². The second-order valence-electron chi connectivity index (χ2n) is 4.09. The van der Waals surface area contributed by atoms with E-state index >= 15 is 0 Å². The smallest absolute Gasteiger partial charge is 0.337 e. The van der Waals surface area contributed by atoms with Crippen molar-refractivity contribution in [3.63, 3.8) is 0 Å². The Morgan fingerprint density at radius 2 is 1.95 bits per heavy atom. The number of benzene rings is 2. The summed E-state index contributed by atoms with van der Waals surface area (Å²) in [5.74, 6) is -0.768. The van der Waals surface area contributed by atoms with Crippen molar-refractivity contribution in [1.29, 1.82) is 0 Å². The van der Waals surface area contributed by atoms with Crippen LogP contribution in [0, 0.1) is 0 Å². The Bertz CT molecular complexity index is 655. The van der Waals surface area contributed by atoms with Gasteiger partial charge in [0.2, 0.25) is 0 Å². The number of halogens is 1. The molecule has 0 aliphatic carbocycles. The van der Waals surface area contributed by atoms with Gasteiger partial charge in [-0.3, -0.25) is 4.79 Å². The van der Waals surface area contributed by atoms with Crippen molar-refractivity contribution in [2.24, 2.45) is 0 Å². The van der Waals surface area contributed by atoms with Gasteiger partial charge >= 0.3 is 5.97 Å². The molecule has 0 saturated carbocycles. The molecule has 2 N–H and O–H groups in total. The summed E-state index contributed by atoms with van der Waals surface area (Å²) in [6.07, 6.45) is 0.608. The minimum absolute atomic E-state index is 0.0707. The van der Waals surface area contributed by atoms with Crippen LogP contribution in [0.3, 0.4) is 0 Å². The lowest BCUT2D eigenvalue weighted by Gasteiger charge is -2.14. The number of ether oxygens (including phenoxy) is 1. The maximum atomic E-state index is 11.3. The first-order valence-corrected chi connectivity index (χ1v) is 6.86. The van der Waals surface area contributed by atoms with E-state index < -0.39 is 5.97 Å². The summed E-state index contributed by atoms with van der Waals surface area (Å²) in [6, 6.07) is 11.9. The van der Waals surface area contributed by atoms with Crippen LogP contribution in [0.1, 0.15) is 10.4 Å². The molecule has 6 heteroatoms. The largest absolute Gasteiger partial charge is 0.484 e. The van der Waals surface area contributed by atoms with E-state index in [9.17, 15) is 14.7 Å². The third kappa shape index (κ3) is 3.82. The predicted octanol–water partition coefficient (Wildman–Crippen LogP) is 3.47. The number of para-hydroxylation sites is 1. The Morgan fingerprint density at radius 3 is 2.57 bits per heavy atom. The lowest BCUT2D eigenvalue weighted by atomic mass is 10.1. The van der Waals surface area contributed by atoms with Crippen LogP contribution in [0.15, 0.2) is 46.9 Å². The molecule has 2 aromatic carbocycles. The maximum absolute atomic E-state index is 11.3. The van der Waals surface area contributed by atoms with Crippen LogP contribution >= 0.6 is 15.9 Å². The molecular weight excluding hydrogens is 338 g/mol. The number of rotatable bonds is 6. The molecule has 0 aromatic heterocycles. The van der Waals surface area contributed by atoms with Crippen molar-refractivity contribution < 1.29 is 19.4 Å². The molecule has 108 valence electrons. The summed E-state index contributed by atoms with van der Waals surface area (Å²) in [5, 5.41) is 12.3. The molecule has 2 rings (SSSR count). The number of carbonyl (C=O) groups is 2. The minimum atomic E-state index is -1.08. The number of carboxylic acids is 1. The summed E-state index contributed by atoms with van der Waals surface area (Å²) < 4.78 is 6.18. The van der Waals surface area contributed by atoms with E-state index in [2.05, 4.69) is 21.2 Å². The molecule has 0 aliphatic heterocycles. The molecule has 2 aromatic rings. The van der Waals surface area contributed by atoms with E-state index in [1.54, 1.807) is 24.3 Å². The molecule has 0 unspecified atom stereocenters. The van der Waals surface area contributed by atoms with Crippen LogP contribution < -0.4 is 10.1 Å². The first kappa shape index (κ1) is 15.1. The number of carboxylic acid groups (broad SMARTS) is 1. The zero-order valence-corrected chi connectivity index (χ0v) is 12.5. The zero-order valence-electron chi connectivity index (χ0n) is 10.9. The highest BCUT2D eigenvalue weighted by Gasteiger charge is 2.15. The molecular formula is C15H12BrNO4. The monoisotopic (exact) mass is 349 g/mol. The summed E-state index contributed by atoms with van der Waals surface area (Å²) >= 11 is 3.33. The quantitative estimate of drug-likeness (QED) is 0.781. The number of anilines is 2. The Labute approximate surface area is 129 Å². The number of carbonyl (C=O) groups excluding carboxylic acids is 1. The Kier molecular flexibility index (Phi) is 4.94. The number of nitrogens with one attached hydrogen (secondary N) is 1. The SMILES string of the molecule is O=CCOc1cccc(C(=O)O)c1Nc1ccc(Br)cc1. The molecule has 0 aliphatic rings. The van der Waals surface area contributed by atoms with E-state index in [0.717, 1.165) is 4.47 Å². The molecule has 0 fully saturated rings. The van der Waals surface area contributed by atoms with Gasteiger partial charge < -0.3 is 15.2 Å². The molecule has 5 nitrogen and oxygen atoms in total. The molecule has 0 radical (unpaired) electrons. The Morgan fingerprint density at radius 1 is 1.24 bits per heavy atom. The number of aromatic carboxylic acids is 1. The highest BCUT2D eigenvalue weighted by atomic mass is 79.9. The highest BCUT2D eigenvalue weighted by Crippen LogP contribution is 2.32. The normalized spacial score (nSPS) is 9.95. The third-order valence-electron chi connectivity index (χ3n) is 2.68. The number of aldehydes is 1. The van der Waals surface area contributed by atoms with Crippen molar-refractivity contribution in [3.8, 4) is 5.75 Å². The van der Waals surface area contributed by atoms with Gasteiger partial charge in [-0.05, 0) is 36.4 Å². The van der Waals surface area contributed by atoms with Crippen LogP contribution in [0.4, 0.5) is 11.4 Å². The van der Waals surface area contributed by atoms with E-state index in [1.165, 1.54) is 6.07 Å². The third-order valence-corrected chi connectivity index (χ3v) is 3.21. The molecule has 0 amide bonds. The second-order valence-corrected chi connectivity index (χ2v) is 5.01. The van der Waals surface area contributed by atoms with E-state index in [-0.39, 0.29) is 12.2 Å². The van der Waals surface area contributed by atoms with E-state index in [1.807, 2.05) is 12.1 Å². The van der Waals surface area contributed by atoms with Gasteiger partial charge in [0.25, 0.3) is 0 Å². The molecule has 0 bridgehead atoms. The standard InChI is InChI=1S/C15H12BrNO4/c16-10-4-6-11(7-5-10)17-14-12(15(19)20)2-1-3-13(14)21-9-8-18/h1-8,17H,9H2,(H,19,20). The summed E-state index contributed by atoms with van der Waals surface area (Å²) in [5.41, 5.74) is 1.10. The topological polar surface area (TPSA) is 75.6 Å². The fraction of sp³-hybridized carbons (Fsp3) is 0.0667. The van der Waals surface area contributed by atoms with Crippen molar-refractivity contribution in [2.45, 2.75) is 0 Å². The highest BCUT2D eigenvalue weighted by molar-refractivity contribution is 9.10. The molecule has 21 heavy (non-hydrogen) atoms. The summed E-state index contributed by atoms with van der Waals surface area (Å²) in [7, 11) is 0. The fourth-order valence-corrected chi connectivity index (χ4v) is 2.02. The van der Waals surface area contributed by atoms with Gasteiger partial charge in [-0.2, -0.15) is 0 Å². The summed E-state index contributed by atoms with van der Waals surface area (Å²) in [4.78, 5) is 21.8. The lowest BCUT2D eigenvalue weighted by Crippen LogP contribution is -2.07. The molecule has 0 atom stereocenters. The number of hydrogen-bond acceptors (Lipinski definition) is 4. The van der Waals surface area contributed by atoms with Gasteiger partial charge in [-0.1, -0.05) is 22.0 Å². The average molecular weight is 350 g/mol. The van der Waals surface area contributed by atoms with Gasteiger partial charge in [0, 0.05) is 10.2 Å². The average Bonchev–Trinajstić information content (AvgIpc) is 2.48. The van der Waals surface area contributed by atoms with Crippen molar-refractivity contribution >= 4 is 39.6 Å². The van der Waals surface area contributed by atoms with Crippen LogP contribution in [-0.4, -0.2) is 24.0 Å². The van der Waals surface area contributed by atoms with Gasteiger partial charge in [-0.25, -0.2) is 4.79 Å². The first-order valence-electron chi connectivity index (χ1n) is 6.07. The Hall–Kier alpha value is -2.34. The number of hydrogen-bond donors (Lipinski definition) is 2. The fourth-order valence-electron chi connectivity index (χ4n) is 1.76. The van der Waals surface area contributed by atoms with Crippen LogP contribution in [0.2, 0.25) is 0 Å². The van der Waals surface area contributed by atoms with Crippen molar-refractivity contribution in [3.05, 3.63) is 52.5 Å².